The van der Waals surface area contributed by atoms with Gasteiger partial charge in [-0.2, -0.15) is 0 Å². The Morgan fingerprint density at radius 2 is 2.05 bits per heavy atom. The van der Waals surface area contributed by atoms with Gasteiger partial charge in [0.05, 0.1) is 13.0 Å². The second-order valence-corrected chi connectivity index (χ2v) is 4.39. The van der Waals surface area contributed by atoms with Crippen LogP contribution in [-0.4, -0.2) is 49.9 Å². The monoisotopic (exact) mass is 296 g/mol. The molecule has 0 radical (unpaired) electrons. The van der Waals surface area contributed by atoms with Crippen molar-refractivity contribution in [3.05, 3.63) is 35.6 Å². The van der Waals surface area contributed by atoms with Crippen molar-refractivity contribution in [3.63, 3.8) is 0 Å². The lowest BCUT2D eigenvalue weighted by atomic mass is 10.1. The SMILES string of the molecule is CNC(=O)CN(C)C(=O)COC(=O)Cc1cccc(F)c1. The summed E-state index contributed by atoms with van der Waals surface area (Å²) in [4.78, 5) is 35.4. The van der Waals surface area contributed by atoms with Crippen LogP contribution in [0.2, 0.25) is 0 Å². The summed E-state index contributed by atoms with van der Waals surface area (Å²) in [5.74, 6) is -1.90. The third-order valence-corrected chi connectivity index (χ3v) is 2.68. The van der Waals surface area contributed by atoms with Crippen LogP contribution in [0.5, 0.6) is 0 Å². The van der Waals surface area contributed by atoms with Gasteiger partial charge < -0.3 is 15.0 Å². The van der Waals surface area contributed by atoms with Crippen LogP contribution in [-0.2, 0) is 25.5 Å². The van der Waals surface area contributed by atoms with Crippen molar-refractivity contribution >= 4 is 17.8 Å². The third-order valence-electron chi connectivity index (χ3n) is 2.68. The van der Waals surface area contributed by atoms with Crippen LogP contribution in [0.25, 0.3) is 0 Å². The smallest absolute Gasteiger partial charge is 0.310 e. The highest BCUT2D eigenvalue weighted by Crippen LogP contribution is 2.05. The molecule has 1 rings (SSSR count). The van der Waals surface area contributed by atoms with Gasteiger partial charge in [0.1, 0.15) is 5.82 Å². The first-order chi connectivity index (χ1) is 9.92. The number of ether oxygens (including phenoxy) is 1. The zero-order valence-corrected chi connectivity index (χ0v) is 11.9. The van der Waals surface area contributed by atoms with Gasteiger partial charge in [-0.1, -0.05) is 12.1 Å². The Kier molecular flexibility index (Phi) is 6.32. The molecular formula is C14H17FN2O4. The predicted molar refractivity (Wildman–Crippen MR) is 72.8 cm³/mol. The lowest BCUT2D eigenvalue weighted by Gasteiger charge is -2.15. The molecular weight excluding hydrogens is 279 g/mol. The topological polar surface area (TPSA) is 75.7 Å². The predicted octanol–water partition coefficient (Wildman–Crippen LogP) is 0.116. The largest absolute Gasteiger partial charge is 0.455 e. The normalized spacial score (nSPS) is 9.86. The Morgan fingerprint density at radius 3 is 2.67 bits per heavy atom. The van der Waals surface area contributed by atoms with Crippen molar-refractivity contribution in [2.75, 3.05) is 27.2 Å². The Hall–Kier alpha value is -2.44. The van der Waals surface area contributed by atoms with E-state index in [-0.39, 0.29) is 18.9 Å². The van der Waals surface area contributed by atoms with Gasteiger partial charge in [0.2, 0.25) is 5.91 Å². The molecule has 0 saturated carbocycles. The quantitative estimate of drug-likeness (QED) is 0.756. The fraction of sp³-hybridized carbons (Fsp3) is 0.357. The fourth-order valence-electron chi connectivity index (χ4n) is 1.50. The number of nitrogens with one attached hydrogen (secondary N) is 1. The van der Waals surface area contributed by atoms with Crippen LogP contribution in [0.15, 0.2) is 24.3 Å². The number of carbonyl (C=O) groups is 3. The Morgan fingerprint density at radius 1 is 1.33 bits per heavy atom. The molecule has 2 amide bonds. The third kappa shape index (κ3) is 6.03. The minimum absolute atomic E-state index is 0.114. The average molecular weight is 296 g/mol. The summed E-state index contributed by atoms with van der Waals surface area (Å²) in [5, 5.41) is 2.38. The number of esters is 1. The van der Waals surface area contributed by atoms with Gasteiger partial charge in [0.15, 0.2) is 6.61 Å². The van der Waals surface area contributed by atoms with Crippen molar-refractivity contribution < 1.29 is 23.5 Å². The summed E-state index contributed by atoms with van der Waals surface area (Å²) in [6, 6.07) is 5.57. The molecule has 21 heavy (non-hydrogen) atoms. The van der Waals surface area contributed by atoms with Gasteiger partial charge in [-0.25, -0.2) is 4.39 Å². The van der Waals surface area contributed by atoms with E-state index < -0.39 is 24.3 Å². The van der Waals surface area contributed by atoms with E-state index in [0.29, 0.717) is 5.56 Å². The standard InChI is InChI=1S/C14H17FN2O4/c1-16-12(18)8-17(2)13(19)9-21-14(20)7-10-4-3-5-11(15)6-10/h3-6H,7-9H2,1-2H3,(H,16,18). The van der Waals surface area contributed by atoms with E-state index in [4.69, 9.17) is 4.74 Å². The first-order valence-corrected chi connectivity index (χ1v) is 6.27. The maximum atomic E-state index is 12.9. The van der Waals surface area contributed by atoms with Gasteiger partial charge in [0.25, 0.3) is 5.91 Å². The van der Waals surface area contributed by atoms with Gasteiger partial charge in [0, 0.05) is 14.1 Å². The Bertz CT molecular complexity index is 533. The molecule has 1 N–H and O–H groups in total. The number of rotatable bonds is 6. The number of hydrogen-bond acceptors (Lipinski definition) is 4. The van der Waals surface area contributed by atoms with E-state index in [1.165, 1.54) is 32.3 Å². The summed E-state index contributed by atoms with van der Waals surface area (Å²) in [6.07, 6.45) is -0.121. The van der Waals surface area contributed by atoms with Crippen LogP contribution in [0, 0.1) is 5.82 Å². The van der Waals surface area contributed by atoms with Crippen LogP contribution < -0.4 is 5.32 Å². The molecule has 0 heterocycles. The summed E-state index contributed by atoms with van der Waals surface area (Å²) >= 11 is 0. The molecule has 0 aliphatic heterocycles. The summed E-state index contributed by atoms with van der Waals surface area (Å²) < 4.78 is 17.7. The molecule has 0 saturated heterocycles. The Labute approximate surface area is 121 Å². The van der Waals surface area contributed by atoms with Gasteiger partial charge in [-0.15, -0.1) is 0 Å². The lowest BCUT2D eigenvalue weighted by molar-refractivity contribution is -0.151. The van der Waals surface area contributed by atoms with Gasteiger partial charge in [-0.3, -0.25) is 14.4 Å². The number of likely N-dealkylation sites (N-methyl/N-ethyl adjacent to an activating group) is 2. The highest BCUT2D eigenvalue weighted by molar-refractivity contribution is 5.86. The molecule has 0 fully saturated rings. The lowest BCUT2D eigenvalue weighted by Crippen LogP contribution is -2.39. The van der Waals surface area contributed by atoms with Crippen molar-refractivity contribution in [1.29, 1.82) is 0 Å². The van der Waals surface area contributed by atoms with E-state index in [1.54, 1.807) is 6.07 Å². The van der Waals surface area contributed by atoms with E-state index in [9.17, 15) is 18.8 Å². The molecule has 0 bridgehead atoms. The van der Waals surface area contributed by atoms with Crippen LogP contribution in [0.1, 0.15) is 5.56 Å². The van der Waals surface area contributed by atoms with Gasteiger partial charge >= 0.3 is 5.97 Å². The number of benzene rings is 1. The minimum atomic E-state index is -0.637. The molecule has 1 aromatic rings. The molecule has 7 heteroatoms. The highest BCUT2D eigenvalue weighted by Gasteiger charge is 2.14. The van der Waals surface area contributed by atoms with Crippen molar-refractivity contribution in [3.8, 4) is 0 Å². The molecule has 6 nitrogen and oxygen atoms in total. The van der Waals surface area contributed by atoms with Crippen molar-refractivity contribution in [1.82, 2.24) is 10.2 Å². The van der Waals surface area contributed by atoms with Crippen LogP contribution >= 0.6 is 0 Å². The van der Waals surface area contributed by atoms with E-state index in [0.717, 1.165) is 4.90 Å². The highest BCUT2D eigenvalue weighted by atomic mass is 19.1. The van der Waals surface area contributed by atoms with E-state index in [2.05, 4.69) is 5.32 Å². The molecule has 0 atom stereocenters. The number of halogens is 1. The molecule has 0 unspecified atom stereocenters. The van der Waals surface area contributed by atoms with Gasteiger partial charge in [-0.05, 0) is 17.7 Å². The molecule has 1 aromatic carbocycles. The van der Waals surface area contributed by atoms with Crippen LogP contribution in [0.3, 0.4) is 0 Å². The van der Waals surface area contributed by atoms with Crippen molar-refractivity contribution in [2.24, 2.45) is 0 Å². The maximum Gasteiger partial charge on any atom is 0.310 e. The zero-order chi connectivity index (χ0) is 15.8. The van der Waals surface area contributed by atoms with Crippen molar-refractivity contribution in [2.45, 2.75) is 6.42 Å². The number of amides is 2. The maximum absolute atomic E-state index is 12.9. The average Bonchev–Trinajstić information content (AvgIpc) is 2.44. The summed E-state index contributed by atoms with van der Waals surface area (Å²) in [5.41, 5.74) is 0.464. The first kappa shape index (κ1) is 16.6. The first-order valence-electron chi connectivity index (χ1n) is 6.27. The van der Waals surface area contributed by atoms with E-state index >= 15 is 0 Å². The number of nitrogens with zero attached hydrogens (tertiary/aromatic N) is 1. The second-order valence-electron chi connectivity index (χ2n) is 4.39. The second kappa shape index (κ2) is 7.98. The summed E-state index contributed by atoms with van der Waals surface area (Å²) in [6.45, 7) is -0.571. The number of hydrogen-bond donors (Lipinski definition) is 1. The molecule has 114 valence electrons. The number of carbonyl (C=O) groups excluding carboxylic acids is 3. The molecule has 0 aromatic heterocycles. The fourth-order valence-corrected chi connectivity index (χ4v) is 1.50. The molecule has 0 aliphatic carbocycles. The zero-order valence-electron chi connectivity index (χ0n) is 11.9. The molecule has 0 aliphatic rings. The summed E-state index contributed by atoms with van der Waals surface area (Å²) in [7, 11) is 2.89. The van der Waals surface area contributed by atoms with Crippen LogP contribution in [0.4, 0.5) is 4.39 Å². The van der Waals surface area contributed by atoms with E-state index in [1.807, 2.05) is 0 Å². The minimum Gasteiger partial charge on any atom is -0.455 e. The Balaban J connectivity index is 2.39. The molecule has 0 spiro atoms.